The molecule has 0 bridgehead atoms. The normalized spacial score (nSPS) is 13.7. The Bertz CT molecular complexity index is 1030. The Morgan fingerprint density at radius 3 is 2.38 bits per heavy atom. The van der Waals surface area contributed by atoms with Gasteiger partial charge in [0.15, 0.2) is 17.3 Å². The number of halogens is 1. The van der Waals surface area contributed by atoms with E-state index in [4.69, 9.17) is 23.7 Å². The first-order valence-electron chi connectivity index (χ1n) is 10.1. The molecule has 8 heteroatoms. The number of hydrogen-bond donors (Lipinski definition) is 0. The largest absolute Gasteiger partial charge is 0.495 e. The molecule has 2 aromatic carbocycles. The predicted molar refractivity (Wildman–Crippen MR) is 120 cm³/mol. The third kappa shape index (κ3) is 4.36. The van der Waals surface area contributed by atoms with E-state index in [0.717, 1.165) is 0 Å². The van der Waals surface area contributed by atoms with Crippen molar-refractivity contribution in [2.45, 2.75) is 19.4 Å². The van der Waals surface area contributed by atoms with Gasteiger partial charge in [0, 0.05) is 13.7 Å². The van der Waals surface area contributed by atoms with Crippen LogP contribution in [0.25, 0.3) is 6.08 Å². The van der Waals surface area contributed by atoms with Crippen LogP contribution in [0.5, 0.6) is 23.0 Å². The highest BCUT2D eigenvalue weighted by molar-refractivity contribution is 6.09. The number of nitrogens with zero attached hydrogens (tertiary/aromatic N) is 1. The van der Waals surface area contributed by atoms with Crippen LogP contribution in [0.1, 0.15) is 29.8 Å². The molecule has 0 atom stereocenters. The highest BCUT2D eigenvalue weighted by atomic mass is 19.1. The SMILES string of the molecule is COCCN(C(=O)c1ccc2c(c1OC)C=CC(C)(C)O2)c1ccc(OC)c(OC)c1F. The number of methoxy groups -OCH3 is 4. The van der Waals surface area contributed by atoms with Crippen LogP contribution in [0.3, 0.4) is 0 Å². The average Bonchev–Trinajstić information content (AvgIpc) is 2.78. The molecular formula is C24H28FNO6. The third-order valence-electron chi connectivity index (χ3n) is 5.13. The van der Waals surface area contributed by atoms with E-state index in [1.165, 1.54) is 39.4 Å². The van der Waals surface area contributed by atoms with Crippen molar-refractivity contribution in [3.05, 3.63) is 47.3 Å². The second kappa shape index (κ2) is 9.48. The Morgan fingerprint density at radius 1 is 1.03 bits per heavy atom. The molecule has 0 unspecified atom stereocenters. The molecular weight excluding hydrogens is 417 g/mol. The second-order valence-electron chi connectivity index (χ2n) is 7.68. The van der Waals surface area contributed by atoms with Crippen molar-refractivity contribution in [1.82, 2.24) is 0 Å². The Morgan fingerprint density at radius 2 is 1.75 bits per heavy atom. The molecule has 1 heterocycles. The van der Waals surface area contributed by atoms with Gasteiger partial charge in [0.05, 0.1) is 44.8 Å². The summed E-state index contributed by atoms with van der Waals surface area (Å²) in [6.07, 6.45) is 3.76. The quantitative estimate of drug-likeness (QED) is 0.603. The Hall–Kier alpha value is -3.26. The first-order chi connectivity index (χ1) is 15.3. The lowest BCUT2D eigenvalue weighted by atomic mass is 9.99. The summed E-state index contributed by atoms with van der Waals surface area (Å²) in [5.41, 5.74) is 0.482. The van der Waals surface area contributed by atoms with E-state index in [-0.39, 0.29) is 35.9 Å². The molecule has 0 spiro atoms. The minimum Gasteiger partial charge on any atom is -0.495 e. The van der Waals surface area contributed by atoms with Gasteiger partial charge in [0.2, 0.25) is 0 Å². The molecule has 7 nitrogen and oxygen atoms in total. The van der Waals surface area contributed by atoms with Gasteiger partial charge in [-0.15, -0.1) is 0 Å². The van der Waals surface area contributed by atoms with E-state index < -0.39 is 17.3 Å². The van der Waals surface area contributed by atoms with Crippen molar-refractivity contribution in [3.63, 3.8) is 0 Å². The number of anilines is 1. The fraction of sp³-hybridized carbons (Fsp3) is 0.375. The van der Waals surface area contributed by atoms with Gasteiger partial charge in [-0.2, -0.15) is 0 Å². The van der Waals surface area contributed by atoms with Crippen LogP contribution in [0, 0.1) is 5.82 Å². The summed E-state index contributed by atoms with van der Waals surface area (Å²) in [7, 11) is 5.75. The van der Waals surface area contributed by atoms with Gasteiger partial charge in [-0.1, -0.05) is 0 Å². The number of hydrogen-bond acceptors (Lipinski definition) is 6. The fourth-order valence-corrected chi connectivity index (χ4v) is 3.56. The molecule has 172 valence electrons. The Balaban J connectivity index is 2.10. The standard InChI is InChI=1S/C24H28FNO6/c1-24(2)12-11-15-18(32-24)9-7-16(21(15)30-5)23(27)26(13-14-28-3)17-8-10-19(29-4)22(31-6)20(17)25/h7-12H,13-14H2,1-6H3. The van der Waals surface area contributed by atoms with E-state index in [9.17, 15) is 4.79 Å². The van der Waals surface area contributed by atoms with Crippen LogP contribution >= 0.6 is 0 Å². The lowest BCUT2D eigenvalue weighted by Gasteiger charge is -2.30. The predicted octanol–water partition coefficient (Wildman–Crippen LogP) is 4.33. The summed E-state index contributed by atoms with van der Waals surface area (Å²) in [6.45, 7) is 4.18. The van der Waals surface area contributed by atoms with E-state index in [1.807, 2.05) is 26.0 Å². The van der Waals surface area contributed by atoms with Crippen LogP contribution in [-0.4, -0.2) is 53.1 Å². The lowest BCUT2D eigenvalue weighted by molar-refractivity contribution is 0.0971. The van der Waals surface area contributed by atoms with E-state index in [2.05, 4.69) is 0 Å². The lowest BCUT2D eigenvalue weighted by Crippen LogP contribution is -2.35. The molecule has 32 heavy (non-hydrogen) atoms. The van der Waals surface area contributed by atoms with Crippen LogP contribution < -0.4 is 23.8 Å². The number of amides is 1. The molecule has 0 saturated carbocycles. The van der Waals surface area contributed by atoms with Crippen molar-refractivity contribution in [2.75, 3.05) is 46.5 Å². The van der Waals surface area contributed by atoms with Crippen LogP contribution in [0.15, 0.2) is 30.3 Å². The van der Waals surface area contributed by atoms with Crippen LogP contribution in [0.2, 0.25) is 0 Å². The van der Waals surface area contributed by atoms with Crippen LogP contribution in [0.4, 0.5) is 10.1 Å². The minimum absolute atomic E-state index is 0.0393. The maximum Gasteiger partial charge on any atom is 0.262 e. The highest BCUT2D eigenvalue weighted by Gasteiger charge is 2.30. The Kier molecular flexibility index (Phi) is 6.93. The number of carbonyl (C=O) groups excluding carboxylic acids is 1. The van der Waals surface area contributed by atoms with Crippen molar-refractivity contribution >= 4 is 17.7 Å². The fourth-order valence-electron chi connectivity index (χ4n) is 3.56. The monoisotopic (exact) mass is 445 g/mol. The molecule has 1 aliphatic rings. The molecule has 0 fully saturated rings. The number of fused-ring (bicyclic) bond motifs is 1. The topological polar surface area (TPSA) is 66.5 Å². The van der Waals surface area contributed by atoms with Crippen molar-refractivity contribution in [2.24, 2.45) is 0 Å². The maximum absolute atomic E-state index is 15.3. The summed E-state index contributed by atoms with van der Waals surface area (Å²) in [5.74, 6) is -0.0706. The van der Waals surface area contributed by atoms with Gasteiger partial charge in [-0.05, 0) is 50.3 Å². The summed E-state index contributed by atoms with van der Waals surface area (Å²) in [5, 5.41) is 0. The molecule has 0 N–H and O–H groups in total. The second-order valence-corrected chi connectivity index (χ2v) is 7.68. The molecule has 0 saturated heterocycles. The number of ether oxygens (including phenoxy) is 5. The maximum atomic E-state index is 15.3. The first kappa shape index (κ1) is 23.4. The van der Waals surface area contributed by atoms with Gasteiger partial charge >= 0.3 is 0 Å². The van der Waals surface area contributed by atoms with Gasteiger partial charge in [0.1, 0.15) is 17.1 Å². The molecule has 2 aromatic rings. The molecule has 0 aromatic heterocycles. The zero-order valence-corrected chi connectivity index (χ0v) is 19.2. The zero-order valence-electron chi connectivity index (χ0n) is 19.2. The van der Waals surface area contributed by atoms with Crippen molar-refractivity contribution in [3.8, 4) is 23.0 Å². The molecule has 1 amide bonds. The summed E-state index contributed by atoms with van der Waals surface area (Å²) in [4.78, 5) is 14.9. The summed E-state index contributed by atoms with van der Waals surface area (Å²) < 4.78 is 42.4. The Labute approximate surface area is 187 Å². The summed E-state index contributed by atoms with van der Waals surface area (Å²) in [6, 6.07) is 6.36. The van der Waals surface area contributed by atoms with Crippen molar-refractivity contribution in [1.29, 1.82) is 0 Å². The minimum atomic E-state index is -0.710. The zero-order chi connectivity index (χ0) is 23.5. The van der Waals surface area contributed by atoms with Crippen LogP contribution in [-0.2, 0) is 4.74 Å². The van der Waals surface area contributed by atoms with Gasteiger partial charge in [0.25, 0.3) is 5.91 Å². The molecule has 0 aliphatic carbocycles. The van der Waals surface area contributed by atoms with E-state index in [1.54, 1.807) is 18.2 Å². The van der Waals surface area contributed by atoms with Gasteiger partial charge in [-0.3, -0.25) is 4.79 Å². The number of rotatable bonds is 8. The highest BCUT2D eigenvalue weighted by Crippen LogP contribution is 2.41. The average molecular weight is 445 g/mol. The van der Waals surface area contributed by atoms with E-state index in [0.29, 0.717) is 17.1 Å². The third-order valence-corrected chi connectivity index (χ3v) is 5.13. The first-order valence-corrected chi connectivity index (χ1v) is 10.1. The number of carbonyl (C=O) groups is 1. The summed E-state index contributed by atoms with van der Waals surface area (Å²) >= 11 is 0. The molecule has 3 rings (SSSR count). The van der Waals surface area contributed by atoms with Crippen molar-refractivity contribution < 1.29 is 32.9 Å². The van der Waals surface area contributed by atoms with E-state index >= 15 is 4.39 Å². The van der Waals surface area contributed by atoms with Gasteiger partial charge in [-0.25, -0.2) is 4.39 Å². The molecule has 1 aliphatic heterocycles. The number of benzene rings is 2. The van der Waals surface area contributed by atoms with Gasteiger partial charge < -0.3 is 28.6 Å². The molecule has 0 radical (unpaired) electrons. The smallest absolute Gasteiger partial charge is 0.262 e.